The normalized spacial score (nSPS) is 11.3. The number of amides is 1. The van der Waals surface area contributed by atoms with E-state index < -0.39 is 27.6 Å². The van der Waals surface area contributed by atoms with Crippen LogP contribution in [0.2, 0.25) is 0 Å². The lowest BCUT2D eigenvalue weighted by Gasteiger charge is -2.22. The van der Waals surface area contributed by atoms with E-state index in [1.165, 1.54) is 19.1 Å². The van der Waals surface area contributed by atoms with E-state index in [4.69, 9.17) is 0 Å². The number of hydrogen-bond donors (Lipinski definition) is 1. The molecule has 5 nitrogen and oxygen atoms in total. The summed E-state index contributed by atoms with van der Waals surface area (Å²) in [6, 6.07) is 10.6. The summed E-state index contributed by atoms with van der Waals surface area (Å²) in [5, 5.41) is 0. The van der Waals surface area contributed by atoms with Crippen LogP contribution in [0.5, 0.6) is 0 Å². The second kappa shape index (κ2) is 7.50. The van der Waals surface area contributed by atoms with Crippen molar-refractivity contribution in [1.82, 2.24) is 4.72 Å². The highest BCUT2D eigenvalue weighted by atomic mass is 32.2. The average molecular weight is 354 g/mol. The van der Waals surface area contributed by atoms with Crippen molar-refractivity contribution in [3.63, 3.8) is 0 Å². The second-order valence-corrected chi connectivity index (χ2v) is 6.74. The maximum Gasteiger partial charge on any atom is 0.240 e. The van der Waals surface area contributed by atoms with Crippen molar-refractivity contribution in [2.45, 2.75) is 11.8 Å². The van der Waals surface area contributed by atoms with E-state index in [9.17, 15) is 22.0 Å². The van der Waals surface area contributed by atoms with Gasteiger partial charge in [0.2, 0.25) is 15.9 Å². The Labute approximate surface area is 139 Å². The molecule has 0 aromatic heterocycles. The van der Waals surface area contributed by atoms with Crippen LogP contribution in [0, 0.1) is 11.6 Å². The van der Waals surface area contributed by atoms with Crippen LogP contribution in [0.15, 0.2) is 53.4 Å². The molecular weight excluding hydrogens is 338 g/mol. The molecule has 0 radical (unpaired) electrons. The fourth-order valence-electron chi connectivity index (χ4n) is 2.12. The Hall–Kier alpha value is -2.32. The third kappa shape index (κ3) is 4.36. The van der Waals surface area contributed by atoms with Crippen molar-refractivity contribution in [2.75, 3.05) is 18.0 Å². The lowest BCUT2D eigenvalue weighted by Crippen LogP contribution is -2.38. The highest BCUT2D eigenvalue weighted by Crippen LogP contribution is 2.20. The summed E-state index contributed by atoms with van der Waals surface area (Å²) >= 11 is 0. The van der Waals surface area contributed by atoms with E-state index in [0.29, 0.717) is 6.07 Å². The summed E-state index contributed by atoms with van der Waals surface area (Å²) in [5.41, 5.74) is -0.109. The number of rotatable bonds is 6. The van der Waals surface area contributed by atoms with Gasteiger partial charge in [-0.25, -0.2) is 21.9 Å². The highest BCUT2D eigenvalue weighted by Gasteiger charge is 2.18. The molecule has 0 bridgehead atoms. The van der Waals surface area contributed by atoms with Gasteiger partial charge in [-0.05, 0) is 24.3 Å². The number of carbonyl (C=O) groups is 1. The van der Waals surface area contributed by atoms with Crippen LogP contribution >= 0.6 is 0 Å². The predicted molar refractivity (Wildman–Crippen MR) is 86.0 cm³/mol. The molecule has 0 aliphatic carbocycles. The fraction of sp³-hybridized carbons (Fsp3) is 0.188. The van der Waals surface area contributed by atoms with Gasteiger partial charge in [-0.3, -0.25) is 4.79 Å². The molecular formula is C16H16F2N2O3S. The number of nitrogens with one attached hydrogen (secondary N) is 1. The van der Waals surface area contributed by atoms with Crippen LogP contribution in [0.4, 0.5) is 14.5 Å². The van der Waals surface area contributed by atoms with E-state index >= 15 is 0 Å². The topological polar surface area (TPSA) is 66.5 Å². The van der Waals surface area contributed by atoms with Gasteiger partial charge in [-0.15, -0.1) is 0 Å². The number of carbonyl (C=O) groups excluding carboxylic acids is 1. The first-order valence-corrected chi connectivity index (χ1v) is 8.57. The zero-order valence-corrected chi connectivity index (χ0v) is 13.7. The summed E-state index contributed by atoms with van der Waals surface area (Å²) in [6.45, 7) is 1.01. The van der Waals surface area contributed by atoms with Gasteiger partial charge in [0.05, 0.1) is 10.6 Å². The first-order chi connectivity index (χ1) is 11.3. The zero-order valence-electron chi connectivity index (χ0n) is 12.9. The smallest absolute Gasteiger partial charge is 0.240 e. The van der Waals surface area contributed by atoms with E-state index in [1.807, 2.05) is 0 Å². The predicted octanol–water partition coefficient (Wildman–Crippen LogP) is 2.30. The second-order valence-electron chi connectivity index (χ2n) is 4.98. The molecule has 0 heterocycles. The van der Waals surface area contributed by atoms with Crippen LogP contribution < -0.4 is 9.62 Å². The lowest BCUT2D eigenvalue weighted by molar-refractivity contribution is -0.116. The zero-order chi connectivity index (χ0) is 17.7. The Bertz CT molecular complexity index is 826. The van der Waals surface area contributed by atoms with Crippen LogP contribution in [0.3, 0.4) is 0 Å². The largest absolute Gasteiger partial charge is 0.309 e. The van der Waals surface area contributed by atoms with Crippen LogP contribution in [-0.2, 0) is 14.8 Å². The highest BCUT2D eigenvalue weighted by molar-refractivity contribution is 7.89. The molecule has 24 heavy (non-hydrogen) atoms. The van der Waals surface area contributed by atoms with Crippen molar-refractivity contribution in [2.24, 2.45) is 0 Å². The third-order valence-electron chi connectivity index (χ3n) is 3.26. The summed E-state index contributed by atoms with van der Waals surface area (Å²) in [5.74, 6) is -2.14. The number of halogens is 2. The maximum absolute atomic E-state index is 13.8. The first-order valence-electron chi connectivity index (χ1n) is 7.09. The van der Waals surface area contributed by atoms with Crippen molar-refractivity contribution in [1.29, 1.82) is 0 Å². The van der Waals surface area contributed by atoms with Gasteiger partial charge in [0, 0.05) is 26.1 Å². The van der Waals surface area contributed by atoms with Gasteiger partial charge in [-0.1, -0.05) is 18.2 Å². The number of anilines is 1. The Morgan fingerprint density at radius 2 is 1.79 bits per heavy atom. The van der Waals surface area contributed by atoms with Gasteiger partial charge in [0.15, 0.2) is 0 Å². The minimum absolute atomic E-state index is 0.0901. The van der Waals surface area contributed by atoms with Crippen molar-refractivity contribution in [3.8, 4) is 0 Å². The number of sulfonamides is 1. The average Bonchev–Trinajstić information content (AvgIpc) is 2.53. The van der Waals surface area contributed by atoms with E-state index in [0.717, 1.165) is 17.0 Å². The van der Waals surface area contributed by atoms with E-state index in [2.05, 4.69) is 4.72 Å². The number of hydrogen-bond acceptors (Lipinski definition) is 3. The molecule has 2 aromatic carbocycles. The number of benzene rings is 2. The first kappa shape index (κ1) is 18.0. The molecule has 1 amide bonds. The molecule has 2 aromatic rings. The SMILES string of the molecule is CC(=O)N(CCNS(=O)(=O)c1ccccc1)c1ccc(F)cc1F. The van der Waals surface area contributed by atoms with Crippen LogP contribution in [0.1, 0.15) is 6.92 Å². The molecule has 0 atom stereocenters. The Morgan fingerprint density at radius 1 is 1.12 bits per heavy atom. The third-order valence-corrected chi connectivity index (χ3v) is 4.74. The summed E-state index contributed by atoms with van der Waals surface area (Å²) in [7, 11) is -3.72. The monoisotopic (exact) mass is 354 g/mol. The summed E-state index contributed by atoms with van der Waals surface area (Å²) in [6.07, 6.45) is 0. The molecule has 8 heteroatoms. The molecule has 0 saturated heterocycles. The number of nitrogens with zero attached hydrogens (tertiary/aromatic N) is 1. The lowest BCUT2D eigenvalue weighted by atomic mass is 10.2. The quantitative estimate of drug-likeness (QED) is 0.866. The molecule has 0 unspecified atom stereocenters. The molecule has 0 aliphatic heterocycles. The van der Waals surface area contributed by atoms with Gasteiger partial charge < -0.3 is 4.90 Å². The van der Waals surface area contributed by atoms with Crippen molar-refractivity contribution in [3.05, 3.63) is 60.2 Å². The summed E-state index contributed by atoms with van der Waals surface area (Å²) < 4.78 is 53.3. The van der Waals surface area contributed by atoms with Gasteiger partial charge in [-0.2, -0.15) is 0 Å². The molecule has 128 valence electrons. The Kier molecular flexibility index (Phi) is 5.63. The molecule has 0 saturated carbocycles. The molecule has 0 fully saturated rings. The molecule has 2 rings (SSSR count). The Morgan fingerprint density at radius 3 is 2.38 bits per heavy atom. The van der Waals surface area contributed by atoms with E-state index in [-0.39, 0.29) is 23.7 Å². The minimum Gasteiger partial charge on any atom is -0.309 e. The van der Waals surface area contributed by atoms with Crippen molar-refractivity contribution >= 4 is 21.6 Å². The molecule has 0 aliphatic rings. The Balaban J connectivity index is 2.09. The minimum atomic E-state index is -3.72. The van der Waals surface area contributed by atoms with Gasteiger partial charge in [0.1, 0.15) is 11.6 Å². The van der Waals surface area contributed by atoms with E-state index in [1.54, 1.807) is 18.2 Å². The molecule has 0 spiro atoms. The van der Waals surface area contributed by atoms with Gasteiger partial charge in [0.25, 0.3) is 0 Å². The van der Waals surface area contributed by atoms with Gasteiger partial charge >= 0.3 is 0 Å². The maximum atomic E-state index is 13.8. The summed E-state index contributed by atoms with van der Waals surface area (Å²) in [4.78, 5) is 12.8. The molecule has 1 N–H and O–H groups in total. The van der Waals surface area contributed by atoms with Crippen LogP contribution in [-0.4, -0.2) is 27.4 Å². The van der Waals surface area contributed by atoms with Crippen LogP contribution in [0.25, 0.3) is 0 Å². The van der Waals surface area contributed by atoms with Crippen molar-refractivity contribution < 1.29 is 22.0 Å². The fourth-order valence-corrected chi connectivity index (χ4v) is 3.16. The standard InChI is InChI=1S/C16H16F2N2O3S/c1-12(21)20(16-8-7-13(17)11-15(16)18)10-9-19-24(22,23)14-5-3-2-4-6-14/h2-8,11,19H,9-10H2,1H3.